The van der Waals surface area contributed by atoms with Crippen LogP contribution in [0.4, 0.5) is 5.82 Å². The summed E-state index contributed by atoms with van der Waals surface area (Å²) in [6.45, 7) is 0.188. The fraction of sp³-hybridized carbons (Fsp3) is 0.154. The van der Waals surface area contributed by atoms with E-state index in [1.807, 2.05) is 24.3 Å². The molecule has 0 spiro atoms. The van der Waals surface area contributed by atoms with Crippen LogP contribution in [0.1, 0.15) is 5.56 Å². The van der Waals surface area contributed by atoms with Gasteiger partial charge in [0.05, 0.1) is 5.02 Å². The molecule has 0 aliphatic carbocycles. The molecule has 0 atom stereocenters. The molecule has 0 bridgehead atoms. The second-order valence-electron chi connectivity index (χ2n) is 4.21. The summed E-state index contributed by atoms with van der Waals surface area (Å²) in [4.78, 5) is 3.99. The molecule has 0 amide bonds. The highest BCUT2D eigenvalue weighted by molar-refractivity contribution is 9.10. The summed E-state index contributed by atoms with van der Waals surface area (Å²) >= 11 is 9.29. The molecule has 0 fully saturated rings. The van der Waals surface area contributed by atoms with E-state index < -0.39 is 10.0 Å². The number of benzene rings is 1. The molecule has 1 aromatic heterocycles. The van der Waals surface area contributed by atoms with Gasteiger partial charge in [-0.1, -0.05) is 39.7 Å². The Morgan fingerprint density at radius 3 is 2.71 bits per heavy atom. The van der Waals surface area contributed by atoms with Crippen molar-refractivity contribution in [1.29, 1.82) is 0 Å². The molecule has 1 heterocycles. The van der Waals surface area contributed by atoms with E-state index in [4.69, 9.17) is 11.6 Å². The maximum absolute atomic E-state index is 12.2. The van der Waals surface area contributed by atoms with Crippen molar-refractivity contribution in [2.45, 2.75) is 11.4 Å². The van der Waals surface area contributed by atoms with Crippen LogP contribution < -0.4 is 10.0 Å². The number of hydrogen-bond donors (Lipinski definition) is 2. The minimum absolute atomic E-state index is 0.0292. The van der Waals surface area contributed by atoms with E-state index in [-0.39, 0.29) is 16.5 Å². The van der Waals surface area contributed by atoms with E-state index in [1.54, 1.807) is 7.05 Å². The normalized spacial score (nSPS) is 11.4. The topological polar surface area (TPSA) is 71.1 Å². The number of hydrogen-bond acceptors (Lipinski definition) is 4. The van der Waals surface area contributed by atoms with Crippen LogP contribution in [-0.4, -0.2) is 20.4 Å². The maximum Gasteiger partial charge on any atom is 0.242 e. The lowest BCUT2D eigenvalue weighted by Gasteiger charge is -2.09. The first-order chi connectivity index (χ1) is 9.92. The lowest BCUT2D eigenvalue weighted by molar-refractivity contribution is 0.581. The third-order valence-electron chi connectivity index (χ3n) is 2.72. The van der Waals surface area contributed by atoms with Gasteiger partial charge in [-0.2, -0.15) is 0 Å². The first-order valence-electron chi connectivity index (χ1n) is 6.00. The zero-order valence-corrected chi connectivity index (χ0v) is 14.3. The minimum Gasteiger partial charge on any atom is -0.372 e. The van der Waals surface area contributed by atoms with Crippen molar-refractivity contribution in [3.8, 4) is 0 Å². The molecule has 0 saturated heterocycles. The van der Waals surface area contributed by atoms with E-state index in [0.717, 1.165) is 10.0 Å². The molecule has 0 radical (unpaired) electrons. The molecule has 0 saturated carbocycles. The molecule has 5 nitrogen and oxygen atoms in total. The quantitative estimate of drug-likeness (QED) is 0.823. The Morgan fingerprint density at radius 2 is 2.10 bits per heavy atom. The third-order valence-corrected chi connectivity index (χ3v) is 4.87. The fourth-order valence-electron chi connectivity index (χ4n) is 1.66. The number of aromatic nitrogens is 1. The Balaban J connectivity index is 2.17. The zero-order chi connectivity index (χ0) is 15.5. The molecule has 2 aromatic rings. The molecule has 21 heavy (non-hydrogen) atoms. The van der Waals surface area contributed by atoms with E-state index >= 15 is 0 Å². The predicted octanol–water partition coefficient (Wildman–Crippen LogP) is 3.02. The van der Waals surface area contributed by atoms with Gasteiger partial charge < -0.3 is 5.32 Å². The zero-order valence-electron chi connectivity index (χ0n) is 11.1. The number of rotatable bonds is 5. The van der Waals surface area contributed by atoms with Crippen molar-refractivity contribution in [2.24, 2.45) is 0 Å². The number of pyridine rings is 1. The van der Waals surface area contributed by atoms with Crippen molar-refractivity contribution in [2.75, 3.05) is 12.4 Å². The van der Waals surface area contributed by atoms with E-state index in [2.05, 4.69) is 31.0 Å². The standard InChI is InChI=1S/C13H13BrClN3O2S/c1-16-13-12(15)6-11(8-17-13)21(19,20)18-7-9-3-2-4-10(14)5-9/h2-6,8,18H,7H2,1H3,(H,16,17). The molecular weight excluding hydrogens is 378 g/mol. The van der Waals surface area contributed by atoms with Crippen LogP contribution in [0.5, 0.6) is 0 Å². The minimum atomic E-state index is -3.66. The predicted molar refractivity (Wildman–Crippen MR) is 87.0 cm³/mol. The van der Waals surface area contributed by atoms with Crippen LogP contribution in [0.2, 0.25) is 5.02 Å². The van der Waals surface area contributed by atoms with Gasteiger partial charge in [0.15, 0.2) is 0 Å². The van der Waals surface area contributed by atoms with E-state index in [0.29, 0.717) is 5.82 Å². The summed E-state index contributed by atoms with van der Waals surface area (Å²) in [6.07, 6.45) is 1.26. The first-order valence-corrected chi connectivity index (χ1v) is 8.65. The van der Waals surface area contributed by atoms with Crippen molar-refractivity contribution in [1.82, 2.24) is 9.71 Å². The lowest BCUT2D eigenvalue weighted by atomic mass is 10.2. The van der Waals surface area contributed by atoms with Gasteiger partial charge in [0.25, 0.3) is 0 Å². The Kier molecular flexibility index (Phi) is 5.21. The van der Waals surface area contributed by atoms with Crippen molar-refractivity contribution < 1.29 is 8.42 Å². The van der Waals surface area contributed by atoms with Crippen molar-refractivity contribution >= 4 is 43.4 Å². The van der Waals surface area contributed by atoms with Gasteiger partial charge in [0, 0.05) is 24.3 Å². The summed E-state index contributed by atoms with van der Waals surface area (Å²) in [5.41, 5.74) is 0.846. The van der Waals surface area contributed by atoms with Crippen LogP contribution in [-0.2, 0) is 16.6 Å². The van der Waals surface area contributed by atoms with Gasteiger partial charge in [0.1, 0.15) is 10.7 Å². The summed E-state index contributed by atoms with van der Waals surface area (Å²) in [6, 6.07) is 8.76. The number of nitrogens with one attached hydrogen (secondary N) is 2. The highest BCUT2D eigenvalue weighted by Crippen LogP contribution is 2.22. The van der Waals surface area contributed by atoms with E-state index in [1.165, 1.54) is 12.3 Å². The fourth-order valence-corrected chi connectivity index (χ4v) is 3.42. The lowest BCUT2D eigenvalue weighted by Crippen LogP contribution is -2.23. The van der Waals surface area contributed by atoms with Crippen LogP contribution in [0.3, 0.4) is 0 Å². The highest BCUT2D eigenvalue weighted by atomic mass is 79.9. The average molecular weight is 391 g/mol. The second kappa shape index (κ2) is 6.74. The van der Waals surface area contributed by atoms with Gasteiger partial charge in [-0.05, 0) is 23.8 Å². The Morgan fingerprint density at radius 1 is 1.33 bits per heavy atom. The van der Waals surface area contributed by atoms with Gasteiger partial charge >= 0.3 is 0 Å². The summed E-state index contributed by atoms with van der Waals surface area (Å²) in [5.74, 6) is 0.433. The highest BCUT2D eigenvalue weighted by Gasteiger charge is 2.16. The monoisotopic (exact) mass is 389 g/mol. The maximum atomic E-state index is 12.2. The number of halogens is 2. The molecule has 112 valence electrons. The van der Waals surface area contributed by atoms with Crippen LogP contribution >= 0.6 is 27.5 Å². The van der Waals surface area contributed by atoms with Crippen molar-refractivity contribution in [3.63, 3.8) is 0 Å². The van der Waals surface area contributed by atoms with E-state index in [9.17, 15) is 8.42 Å². The Hall–Kier alpha value is -1.15. The average Bonchev–Trinajstić information content (AvgIpc) is 2.45. The molecule has 1 aromatic carbocycles. The largest absolute Gasteiger partial charge is 0.372 e. The van der Waals surface area contributed by atoms with Gasteiger partial charge in [0.2, 0.25) is 10.0 Å². The van der Waals surface area contributed by atoms with Gasteiger partial charge in [-0.25, -0.2) is 18.1 Å². The van der Waals surface area contributed by atoms with Crippen LogP contribution in [0.25, 0.3) is 0 Å². The number of anilines is 1. The van der Waals surface area contributed by atoms with Gasteiger partial charge in [-0.15, -0.1) is 0 Å². The molecule has 0 aliphatic heterocycles. The molecule has 8 heteroatoms. The molecular formula is C13H13BrClN3O2S. The third kappa shape index (κ3) is 4.16. The summed E-state index contributed by atoms with van der Waals surface area (Å²) in [5, 5.41) is 3.03. The smallest absolute Gasteiger partial charge is 0.242 e. The number of sulfonamides is 1. The van der Waals surface area contributed by atoms with Gasteiger partial charge in [-0.3, -0.25) is 0 Å². The molecule has 2 rings (SSSR count). The Bertz CT molecular complexity index is 753. The summed E-state index contributed by atoms with van der Waals surface area (Å²) < 4.78 is 27.8. The molecule has 0 aliphatic rings. The van der Waals surface area contributed by atoms with Crippen molar-refractivity contribution in [3.05, 3.63) is 51.6 Å². The number of nitrogens with zero attached hydrogens (tertiary/aromatic N) is 1. The molecule has 0 unspecified atom stereocenters. The Labute approximate surface area is 136 Å². The summed E-state index contributed by atoms with van der Waals surface area (Å²) in [7, 11) is -2.00. The first kappa shape index (κ1) is 16.2. The molecule has 2 N–H and O–H groups in total. The van der Waals surface area contributed by atoms with Crippen LogP contribution in [0.15, 0.2) is 45.9 Å². The second-order valence-corrected chi connectivity index (χ2v) is 7.30. The van der Waals surface area contributed by atoms with Crippen LogP contribution in [0, 0.1) is 0 Å². The SMILES string of the molecule is CNc1ncc(S(=O)(=O)NCc2cccc(Br)c2)cc1Cl.